The van der Waals surface area contributed by atoms with Crippen LogP contribution in [0, 0.1) is 0 Å². The Balaban J connectivity index is 2.92. The number of allylic oxidation sites excluding steroid dienone is 1. The maximum Gasteiger partial charge on any atom is 0.0702 e. The van der Waals surface area contributed by atoms with Gasteiger partial charge in [-0.2, -0.15) is 0 Å². The number of aliphatic hydroxyl groups is 1. The second kappa shape index (κ2) is 5.04. The molecule has 2 nitrogen and oxygen atoms in total. The number of hydrogen-bond acceptors (Lipinski definition) is 2. The molecule has 0 bridgehead atoms. The minimum atomic E-state index is -0.0121. The Hall–Kier alpha value is -0.800. The third kappa shape index (κ3) is 2.86. The zero-order valence-electron chi connectivity index (χ0n) is 7.20. The van der Waals surface area contributed by atoms with Crippen LogP contribution in [0.3, 0.4) is 0 Å². The van der Waals surface area contributed by atoms with Crippen LogP contribution in [0.4, 0.5) is 5.69 Å². The quantitative estimate of drug-likeness (QED) is 0.630. The van der Waals surface area contributed by atoms with E-state index in [-0.39, 0.29) is 6.61 Å². The van der Waals surface area contributed by atoms with Gasteiger partial charge < -0.3 is 10.8 Å². The van der Waals surface area contributed by atoms with Crippen LogP contribution in [0.25, 0.3) is 6.08 Å². The lowest BCUT2D eigenvalue weighted by Gasteiger charge is -2.02. The Morgan fingerprint density at radius 1 is 1.46 bits per heavy atom. The summed E-state index contributed by atoms with van der Waals surface area (Å²) >= 11 is 3.30. The van der Waals surface area contributed by atoms with Crippen molar-refractivity contribution in [1.82, 2.24) is 0 Å². The summed E-state index contributed by atoms with van der Waals surface area (Å²) < 4.78 is 0. The zero-order chi connectivity index (χ0) is 9.68. The van der Waals surface area contributed by atoms with Gasteiger partial charge in [-0.15, -0.1) is 0 Å². The van der Waals surface area contributed by atoms with E-state index in [1.807, 2.05) is 24.3 Å². The van der Waals surface area contributed by atoms with Crippen LogP contribution >= 0.6 is 15.9 Å². The molecule has 0 fully saturated rings. The van der Waals surface area contributed by atoms with Crippen molar-refractivity contribution in [3.05, 3.63) is 35.4 Å². The molecule has 0 unspecified atom stereocenters. The standard InChI is InChI=1S/C10H12BrNO/c11-5-1-2-8-3-4-10(12)9(6-8)7-13/h1-4,6,13H,5,7,12H2. The van der Waals surface area contributed by atoms with Crippen LogP contribution in [0.1, 0.15) is 11.1 Å². The number of halogens is 1. The summed E-state index contributed by atoms with van der Waals surface area (Å²) in [6, 6.07) is 5.61. The molecule has 0 saturated heterocycles. The molecule has 0 atom stereocenters. The van der Waals surface area contributed by atoms with Crippen molar-refractivity contribution < 1.29 is 5.11 Å². The molecular weight excluding hydrogens is 230 g/mol. The van der Waals surface area contributed by atoms with Crippen LogP contribution in [0.2, 0.25) is 0 Å². The highest BCUT2D eigenvalue weighted by atomic mass is 79.9. The lowest BCUT2D eigenvalue weighted by Crippen LogP contribution is -1.93. The molecule has 0 amide bonds. The highest BCUT2D eigenvalue weighted by Gasteiger charge is 1.96. The monoisotopic (exact) mass is 241 g/mol. The molecule has 1 aromatic rings. The normalized spacial score (nSPS) is 10.9. The summed E-state index contributed by atoms with van der Waals surface area (Å²) in [7, 11) is 0. The van der Waals surface area contributed by atoms with Crippen molar-refractivity contribution in [2.75, 3.05) is 11.1 Å². The predicted octanol–water partition coefficient (Wildman–Crippen LogP) is 2.17. The van der Waals surface area contributed by atoms with Gasteiger partial charge in [0.05, 0.1) is 6.61 Å². The molecule has 70 valence electrons. The number of anilines is 1. The minimum absolute atomic E-state index is 0.0121. The average Bonchev–Trinajstić information content (AvgIpc) is 2.16. The summed E-state index contributed by atoms with van der Waals surface area (Å²) in [6.45, 7) is -0.0121. The lowest BCUT2D eigenvalue weighted by atomic mass is 10.1. The SMILES string of the molecule is Nc1ccc(C=CCBr)cc1CO. The van der Waals surface area contributed by atoms with E-state index in [4.69, 9.17) is 10.8 Å². The van der Waals surface area contributed by atoms with Gasteiger partial charge in [0.15, 0.2) is 0 Å². The van der Waals surface area contributed by atoms with Crippen LogP contribution < -0.4 is 5.73 Å². The summed E-state index contributed by atoms with van der Waals surface area (Å²) in [5.41, 5.74) is 8.10. The second-order valence-corrected chi connectivity index (χ2v) is 3.32. The first kappa shape index (κ1) is 10.3. The fourth-order valence-electron chi connectivity index (χ4n) is 1.05. The highest BCUT2D eigenvalue weighted by Crippen LogP contribution is 2.15. The number of benzene rings is 1. The van der Waals surface area contributed by atoms with E-state index in [0.29, 0.717) is 5.69 Å². The molecule has 3 heteroatoms. The van der Waals surface area contributed by atoms with E-state index >= 15 is 0 Å². The third-order valence-electron chi connectivity index (χ3n) is 1.74. The van der Waals surface area contributed by atoms with Gasteiger partial charge in [0, 0.05) is 16.6 Å². The zero-order valence-corrected chi connectivity index (χ0v) is 8.79. The Morgan fingerprint density at radius 3 is 2.85 bits per heavy atom. The van der Waals surface area contributed by atoms with E-state index < -0.39 is 0 Å². The molecule has 0 radical (unpaired) electrons. The first-order valence-corrected chi connectivity index (χ1v) is 5.12. The van der Waals surface area contributed by atoms with Crippen molar-refractivity contribution in [2.24, 2.45) is 0 Å². The molecule has 1 rings (SSSR count). The van der Waals surface area contributed by atoms with Crippen molar-refractivity contribution in [2.45, 2.75) is 6.61 Å². The summed E-state index contributed by atoms with van der Waals surface area (Å²) in [5.74, 6) is 0. The molecule has 0 heterocycles. The maximum atomic E-state index is 8.95. The summed E-state index contributed by atoms with van der Waals surface area (Å²) in [4.78, 5) is 0. The van der Waals surface area contributed by atoms with Crippen LogP contribution in [0.5, 0.6) is 0 Å². The minimum Gasteiger partial charge on any atom is -0.398 e. The van der Waals surface area contributed by atoms with E-state index in [9.17, 15) is 0 Å². The molecule has 0 aliphatic rings. The number of rotatable bonds is 3. The smallest absolute Gasteiger partial charge is 0.0702 e. The summed E-state index contributed by atoms with van der Waals surface area (Å²) in [5, 5.41) is 9.78. The van der Waals surface area contributed by atoms with Crippen LogP contribution in [-0.2, 0) is 6.61 Å². The number of aliphatic hydroxyl groups excluding tert-OH is 1. The van der Waals surface area contributed by atoms with Gasteiger partial charge in [0.2, 0.25) is 0 Å². The first-order valence-electron chi connectivity index (χ1n) is 3.99. The Bertz CT molecular complexity index is 310. The molecule has 0 aliphatic heterocycles. The fourth-order valence-corrected chi connectivity index (χ4v) is 1.23. The van der Waals surface area contributed by atoms with Crippen LogP contribution in [0.15, 0.2) is 24.3 Å². The molecule has 1 aromatic carbocycles. The van der Waals surface area contributed by atoms with E-state index in [1.165, 1.54) is 0 Å². The van der Waals surface area contributed by atoms with Crippen LogP contribution in [-0.4, -0.2) is 10.4 Å². The predicted molar refractivity (Wildman–Crippen MR) is 59.6 cm³/mol. The van der Waals surface area contributed by atoms with Crippen molar-refractivity contribution >= 4 is 27.7 Å². The number of nitrogen functional groups attached to an aromatic ring is 1. The van der Waals surface area contributed by atoms with Gasteiger partial charge >= 0.3 is 0 Å². The van der Waals surface area contributed by atoms with Crippen molar-refractivity contribution in [3.8, 4) is 0 Å². The molecule has 0 aromatic heterocycles. The molecule has 0 aliphatic carbocycles. The highest BCUT2D eigenvalue weighted by molar-refractivity contribution is 9.09. The van der Waals surface area contributed by atoms with Crippen molar-refractivity contribution in [1.29, 1.82) is 0 Å². The van der Waals surface area contributed by atoms with Gasteiger partial charge in [-0.25, -0.2) is 0 Å². The lowest BCUT2D eigenvalue weighted by molar-refractivity contribution is 0.282. The molecule has 3 N–H and O–H groups in total. The second-order valence-electron chi connectivity index (χ2n) is 2.67. The third-order valence-corrected chi connectivity index (χ3v) is 2.11. The number of hydrogen-bond donors (Lipinski definition) is 2. The number of alkyl halides is 1. The van der Waals surface area contributed by atoms with Gasteiger partial charge in [-0.3, -0.25) is 0 Å². The van der Waals surface area contributed by atoms with Gasteiger partial charge in [-0.1, -0.05) is 34.1 Å². The van der Waals surface area contributed by atoms with Crippen molar-refractivity contribution in [3.63, 3.8) is 0 Å². The fraction of sp³-hybridized carbons (Fsp3) is 0.200. The van der Waals surface area contributed by atoms with Gasteiger partial charge in [0.1, 0.15) is 0 Å². The molecule has 13 heavy (non-hydrogen) atoms. The topological polar surface area (TPSA) is 46.2 Å². The van der Waals surface area contributed by atoms with E-state index in [2.05, 4.69) is 15.9 Å². The molecule has 0 spiro atoms. The molecule has 0 saturated carbocycles. The average molecular weight is 242 g/mol. The van der Waals surface area contributed by atoms with Gasteiger partial charge in [-0.05, 0) is 17.7 Å². The number of nitrogens with two attached hydrogens (primary N) is 1. The summed E-state index contributed by atoms with van der Waals surface area (Å²) in [6.07, 6.45) is 3.97. The Morgan fingerprint density at radius 2 is 2.23 bits per heavy atom. The van der Waals surface area contributed by atoms with Gasteiger partial charge in [0.25, 0.3) is 0 Å². The Kier molecular flexibility index (Phi) is 3.99. The van der Waals surface area contributed by atoms with E-state index in [0.717, 1.165) is 16.5 Å². The maximum absolute atomic E-state index is 8.95. The largest absolute Gasteiger partial charge is 0.398 e. The Labute approximate surface area is 86.2 Å². The molecular formula is C10H12BrNO. The first-order chi connectivity index (χ1) is 6.27. The van der Waals surface area contributed by atoms with E-state index in [1.54, 1.807) is 6.07 Å².